The maximum atomic E-state index is 9.45. The molecule has 0 saturated carbocycles. The number of hydrogen-bond donors (Lipinski definition) is 0. The van der Waals surface area contributed by atoms with Gasteiger partial charge in [-0.3, -0.25) is 4.98 Å². The summed E-state index contributed by atoms with van der Waals surface area (Å²) in [6, 6.07) is 9.91. The van der Waals surface area contributed by atoms with Gasteiger partial charge in [-0.05, 0) is 56.2 Å². The monoisotopic (exact) mass is 296 g/mol. The second-order valence-corrected chi connectivity index (χ2v) is 5.15. The SMILES string of the molecule is COCCOc1ccc(-c2nc(C)c(C)c(C)c2C#N)cc1. The molecule has 0 radical (unpaired) electrons. The number of aromatic nitrogens is 1. The summed E-state index contributed by atoms with van der Waals surface area (Å²) in [5, 5.41) is 9.45. The molecule has 0 atom stereocenters. The minimum absolute atomic E-state index is 0.514. The molecule has 0 aliphatic carbocycles. The van der Waals surface area contributed by atoms with Gasteiger partial charge < -0.3 is 9.47 Å². The van der Waals surface area contributed by atoms with Crippen LogP contribution in [-0.2, 0) is 4.74 Å². The molecule has 22 heavy (non-hydrogen) atoms. The second-order valence-electron chi connectivity index (χ2n) is 5.15. The molecule has 2 aromatic rings. The van der Waals surface area contributed by atoms with Crippen molar-refractivity contribution in [3.63, 3.8) is 0 Å². The summed E-state index contributed by atoms with van der Waals surface area (Å²) in [5.41, 5.74) is 5.29. The Morgan fingerprint density at radius 2 is 1.73 bits per heavy atom. The van der Waals surface area contributed by atoms with Crippen LogP contribution in [0.1, 0.15) is 22.4 Å². The van der Waals surface area contributed by atoms with Gasteiger partial charge in [0.15, 0.2) is 0 Å². The maximum Gasteiger partial charge on any atom is 0.119 e. The first kappa shape index (κ1) is 16.0. The molecule has 1 aromatic heterocycles. The van der Waals surface area contributed by atoms with E-state index in [2.05, 4.69) is 11.1 Å². The minimum Gasteiger partial charge on any atom is -0.491 e. The molecule has 0 saturated heterocycles. The van der Waals surface area contributed by atoms with Crippen LogP contribution in [0.25, 0.3) is 11.3 Å². The number of rotatable bonds is 5. The van der Waals surface area contributed by atoms with E-state index in [0.29, 0.717) is 18.8 Å². The predicted molar refractivity (Wildman–Crippen MR) is 86.0 cm³/mol. The molecule has 0 spiro atoms. The van der Waals surface area contributed by atoms with Crippen LogP contribution in [0, 0.1) is 32.1 Å². The molecule has 2 rings (SSSR count). The zero-order valence-corrected chi connectivity index (χ0v) is 13.4. The lowest BCUT2D eigenvalue weighted by molar-refractivity contribution is 0.146. The number of benzene rings is 1. The molecule has 0 aliphatic heterocycles. The largest absolute Gasteiger partial charge is 0.491 e. The lowest BCUT2D eigenvalue weighted by atomic mass is 9.98. The highest BCUT2D eigenvalue weighted by Gasteiger charge is 2.13. The van der Waals surface area contributed by atoms with E-state index in [4.69, 9.17) is 9.47 Å². The quantitative estimate of drug-likeness (QED) is 0.791. The van der Waals surface area contributed by atoms with Gasteiger partial charge >= 0.3 is 0 Å². The third kappa shape index (κ3) is 3.26. The van der Waals surface area contributed by atoms with E-state index in [-0.39, 0.29) is 0 Å². The van der Waals surface area contributed by atoms with Crippen molar-refractivity contribution >= 4 is 0 Å². The Kier molecular flexibility index (Phi) is 5.13. The number of nitrogens with zero attached hydrogens (tertiary/aromatic N) is 2. The minimum atomic E-state index is 0.514. The summed E-state index contributed by atoms with van der Waals surface area (Å²) < 4.78 is 10.5. The molecular formula is C18H20N2O2. The Bertz CT molecular complexity index is 701. The fraction of sp³-hybridized carbons (Fsp3) is 0.333. The number of methoxy groups -OCH3 is 1. The first-order valence-electron chi connectivity index (χ1n) is 7.18. The Hall–Kier alpha value is -2.38. The Labute approximate surface area is 131 Å². The summed E-state index contributed by atoms with van der Waals surface area (Å²) in [4.78, 5) is 4.60. The molecule has 0 unspecified atom stereocenters. The van der Waals surface area contributed by atoms with E-state index in [1.54, 1.807) is 7.11 Å². The highest BCUT2D eigenvalue weighted by atomic mass is 16.5. The van der Waals surface area contributed by atoms with E-state index < -0.39 is 0 Å². The number of hydrogen-bond acceptors (Lipinski definition) is 4. The summed E-state index contributed by atoms with van der Waals surface area (Å²) >= 11 is 0. The highest BCUT2D eigenvalue weighted by Crippen LogP contribution is 2.28. The number of aryl methyl sites for hydroxylation is 1. The lowest BCUT2D eigenvalue weighted by Crippen LogP contribution is -2.04. The van der Waals surface area contributed by atoms with Crippen LogP contribution >= 0.6 is 0 Å². The summed E-state index contributed by atoms with van der Waals surface area (Å²) in [5.74, 6) is 0.778. The van der Waals surface area contributed by atoms with Crippen LogP contribution in [0.2, 0.25) is 0 Å². The van der Waals surface area contributed by atoms with E-state index in [1.807, 2.05) is 45.0 Å². The van der Waals surface area contributed by atoms with Crippen molar-refractivity contribution in [2.24, 2.45) is 0 Å². The van der Waals surface area contributed by atoms with Crippen molar-refractivity contribution in [2.75, 3.05) is 20.3 Å². The molecule has 0 fully saturated rings. The maximum absolute atomic E-state index is 9.45. The molecule has 0 aliphatic rings. The van der Waals surface area contributed by atoms with Crippen LogP contribution in [0.5, 0.6) is 5.75 Å². The van der Waals surface area contributed by atoms with Crippen LogP contribution in [0.15, 0.2) is 24.3 Å². The van der Waals surface area contributed by atoms with Gasteiger partial charge in [0.25, 0.3) is 0 Å². The molecule has 0 N–H and O–H groups in total. The van der Waals surface area contributed by atoms with Gasteiger partial charge in [0.2, 0.25) is 0 Å². The average molecular weight is 296 g/mol. The van der Waals surface area contributed by atoms with Crippen molar-refractivity contribution in [1.82, 2.24) is 4.98 Å². The van der Waals surface area contributed by atoms with Gasteiger partial charge in [-0.1, -0.05) is 0 Å². The van der Waals surface area contributed by atoms with Crippen LogP contribution in [0.4, 0.5) is 0 Å². The molecule has 0 amide bonds. The van der Waals surface area contributed by atoms with Crippen molar-refractivity contribution in [2.45, 2.75) is 20.8 Å². The van der Waals surface area contributed by atoms with Crippen molar-refractivity contribution in [3.05, 3.63) is 46.6 Å². The van der Waals surface area contributed by atoms with Gasteiger partial charge in [-0.2, -0.15) is 5.26 Å². The van der Waals surface area contributed by atoms with E-state index in [1.165, 1.54) is 0 Å². The zero-order valence-electron chi connectivity index (χ0n) is 13.4. The standard InChI is InChI=1S/C18H20N2O2/c1-12-13(2)17(11-19)18(20-14(12)3)15-5-7-16(8-6-15)22-10-9-21-4/h5-8H,9-10H2,1-4H3. The van der Waals surface area contributed by atoms with Gasteiger partial charge in [-0.15, -0.1) is 0 Å². The van der Waals surface area contributed by atoms with Crippen molar-refractivity contribution < 1.29 is 9.47 Å². The number of nitriles is 1. The van der Waals surface area contributed by atoms with Gasteiger partial charge in [0.1, 0.15) is 18.4 Å². The summed E-state index contributed by atoms with van der Waals surface area (Å²) in [7, 11) is 1.64. The average Bonchev–Trinajstić information content (AvgIpc) is 2.53. The van der Waals surface area contributed by atoms with Gasteiger partial charge in [0, 0.05) is 18.4 Å². The first-order valence-corrected chi connectivity index (χ1v) is 7.18. The smallest absolute Gasteiger partial charge is 0.119 e. The number of pyridine rings is 1. The van der Waals surface area contributed by atoms with Gasteiger partial charge in [0.05, 0.1) is 17.9 Å². The molecule has 4 nitrogen and oxygen atoms in total. The van der Waals surface area contributed by atoms with Crippen molar-refractivity contribution in [3.8, 4) is 23.1 Å². The topological polar surface area (TPSA) is 55.1 Å². The molecule has 1 aromatic carbocycles. The predicted octanol–water partition coefficient (Wildman–Crippen LogP) is 3.57. The third-order valence-corrected chi connectivity index (χ3v) is 3.79. The lowest BCUT2D eigenvalue weighted by Gasteiger charge is -2.12. The molecule has 0 bridgehead atoms. The Morgan fingerprint density at radius 3 is 2.32 bits per heavy atom. The molecular weight excluding hydrogens is 276 g/mol. The summed E-state index contributed by atoms with van der Waals surface area (Å²) in [6.45, 7) is 7.00. The summed E-state index contributed by atoms with van der Waals surface area (Å²) in [6.07, 6.45) is 0. The van der Waals surface area contributed by atoms with E-state index in [9.17, 15) is 5.26 Å². The molecule has 4 heteroatoms. The van der Waals surface area contributed by atoms with E-state index in [0.717, 1.165) is 33.8 Å². The van der Waals surface area contributed by atoms with Gasteiger partial charge in [-0.25, -0.2) is 0 Å². The second kappa shape index (κ2) is 7.06. The Morgan fingerprint density at radius 1 is 1.05 bits per heavy atom. The normalized spacial score (nSPS) is 10.3. The fourth-order valence-corrected chi connectivity index (χ4v) is 2.24. The van der Waals surface area contributed by atoms with E-state index >= 15 is 0 Å². The zero-order chi connectivity index (χ0) is 16.1. The van der Waals surface area contributed by atoms with Crippen LogP contribution in [-0.4, -0.2) is 25.3 Å². The third-order valence-electron chi connectivity index (χ3n) is 3.79. The number of ether oxygens (including phenoxy) is 2. The fourth-order valence-electron chi connectivity index (χ4n) is 2.24. The molecule has 114 valence electrons. The Balaban J connectivity index is 2.35. The molecule has 1 heterocycles. The van der Waals surface area contributed by atoms with Crippen LogP contribution < -0.4 is 4.74 Å². The highest BCUT2D eigenvalue weighted by molar-refractivity contribution is 5.70. The first-order chi connectivity index (χ1) is 10.6. The van der Waals surface area contributed by atoms with Crippen molar-refractivity contribution in [1.29, 1.82) is 5.26 Å². The van der Waals surface area contributed by atoms with Crippen LogP contribution in [0.3, 0.4) is 0 Å².